The average Bonchev–Trinajstić information content (AvgIpc) is 1.77. The van der Waals surface area contributed by atoms with Crippen molar-refractivity contribution in [3.63, 3.8) is 0 Å². The first kappa shape index (κ1) is 8.75. The monoisotopic (exact) mass is 234 g/mol. The largest absolute Gasteiger partial charge is 1.00 e. The normalized spacial score (nSPS) is 15.7. The molecule has 0 N–H and O–H groups in total. The van der Waals surface area contributed by atoms with E-state index in [2.05, 4.69) is 13.6 Å². The van der Waals surface area contributed by atoms with Gasteiger partial charge < -0.3 is 28.6 Å². The lowest BCUT2D eigenvalue weighted by Crippen LogP contribution is -3.00. The van der Waals surface area contributed by atoms with Gasteiger partial charge in [-0.15, -0.1) is 5.57 Å². The van der Waals surface area contributed by atoms with E-state index in [-0.39, 0.29) is 24.0 Å². The Balaban J connectivity index is 0.000000640. The Kier molecular flexibility index (Phi) is 3.61. The summed E-state index contributed by atoms with van der Waals surface area (Å²) < 4.78 is 1.77. The maximum atomic E-state index is 3.68. The van der Waals surface area contributed by atoms with Crippen LogP contribution >= 0.6 is 0 Å². The smallest absolute Gasteiger partial charge is 0.0867 e. The lowest BCUT2D eigenvalue weighted by Gasteiger charge is -2.04. The van der Waals surface area contributed by atoms with E-state index in [0.29, 0.717) is 0 Å². The molecule has 1 rings (SSSR count). The Bertz CT molecular complexity index is 165. The van der Waals surface area contributed by atoms with Crippen LogP contribution in [0.15, 0.2) is 23.9 Å². The van der Waals surface area contributed by atoms with E-state index < -0.39 is 0 Å². The molecule has 0 amide bonds. The molecule has 0 saturated heterocycles. The van der Waals surface area contributed by atoms with Crippen molar-refractivity contribution < 1.29 is 28.6 Å². The second kappa shape index (κ2) is 3.71. The molecule has 0 aliphatic carbocycles. The lowest BCUT2D eigenvalue weighted by atomic mass is 10.2. The zero-order valence-corrected chi connectivity index (χ0v) is 7.50. The Hall–Kier alpha value is -0.250. The Morgan fingerprint density at radius 3 is 2.67 bits per heavy atom. The zero-order valence-electron chi connectivity index (χ0n) is 5.34. The molecular weight excluding hydrogens is 225 g/mol. The van der Waals surface area contributed by atoms with Crippen molar-refractivity contribution in [1.82, 2.24) is 0 Å². The highest BCUT2D eigenvalue weighted by Gasteiger charge is 1.89. The van der Waals surface area contributed by atoms with Crippen LogP contribution in [-0.4, -0.2) is 11.3 Å². The van der Waals surface area contributed by atoms with Gasteiger partial charge in [0.05, 0.1) is 19.5 Å². The van der Waals surface area contributed by atoms with Crippen LogP contribution in [0, 0.1) is 6.54 Å². The predicted octanol–water partition coefficient (Wildman–Crippen LogP) is -1.66. The van der Waals surface area contributed by atoms with Crippen LogP contribution in [0.2, 0.25) is 0 Å². The number of hydrogen-bond donors (Lipinski definition) is 0. The number of halogens is 1. The molecule has 9 heavy (non-hydrogen) atoms. The van der Waals surface area contributed by atoms with Crippen LogP contribution in [0.25, 0.3) is 0 Å². The Labute approximate surface area is 72.8 Å². The van der Waals surface area contributed by atoms with Crippen LogP contribution in [-0.2, 0) is 0 Å². The molecule has 0 fully saturated rings. The minimum absolute atomic E-state index is 0. The summed E-state index contributed by atoms with van der Waals surface area (Å²) in [6.07, 6.45) is 5.97. The van der Waals surface area contributed by atoms with E-state index >= 15 is 0 Å². The van der Waals surface area contributed by atoms with Gasteiger partial charge in [0, 0.05) is 0 Å². The van der Waals surface area contributed by atoms with Crippen LogP contribution in [0.1, 0.15) is 6.92 Å². The average molecular weight is 234 g/mol. The molecule has 0 aromatic heterocycles. The number of nitrogens with zero attached hydrogens (tertiary/aromatic N) is 1. The number of hydrogen-bond acceptors (Lipinski definition) is 0. The topological polar surface area (TPSA) is 3.01 Å². The third kappa shape index (κ3) is 2.70. The van der Waals surface area contributed by atoms with Gasteiger partial charge in [0.25, 0.3) is 0 Å². The highest BCUT2D eigenvalue weighted by Crippen LogP contribution is 2.02. The van der Waals surface area contributed by atoms with Gasteiger partial charge in [0.15, 0.2) is 0 Å². The second-order valence-corrected chi connectivity index (χ2v) is 1.89. The molecule has 0 atom stereocenters. The molecule has 1 nitrogen and oxygen atoms in total. The first-order valence-electron chi connectivity index (χ1n) is 2.58. The van der Waals surface area contributed by atoms with Crippen molar-refractivity contribution in [3.8, 4) is 0 Å². The summed E-state index contributed by atoms with van der Waals surface area (Å²) in [5.74, 6) is 0. The van der Waals surface area contributed by atoms with Crippen LogP contribution in [0.5, 0.6) is 0 Å². The van der Waals surface area contributed by atoms with E-state index in [1.807, 2.05) is 24.9 Å². The molecule has 0 unspecified atom stereocenters. The predicted molar refractivity (Wildman–Crippen MR) is 34.6 cm³/mol. The van der Waals surface area contributed by atoms with Gasteiger partial charge in [-0.3, -0.25) is 0 Å². The van der Waals surface area contributed by atoms with Gasteiger partial charge in [-0.05, 0) is 0 Å². The van der Waals surface area contributed by atoms with Crippen molar-refractivity contribution in [2.45, 2.75) is 6.92 Å². The summed E-state index contributed by atoms with van der Waals surface area (Å²) in [5.41, 5.74) is 1.27. The quantitative estimate of drug-likeness (QED) is 0.268. The molecule has 0 spiro atoms. The standard InChI is InChI=1S/C7H9N.HI/c1-7-3-5-8(2)6-4-7;/h3-6H,2H2,1H3;1H/p-1. The molecule has 0 radical (unpaired) electrons. The molecule has 2 heteroatoms. The molecule has 50 valence electrons. The summed E-state index contributed by atoms with van der Waals surface area (Å²) in [6, 6.07) is 0. The highest BCUT2D eigenvalue weighted by atomic mass is 127. The Morgan fingerprint density at radius 1 is 1.67 bits per heavy atom. The van der Waals surface area contributed by atoms with Crippen molar-refractivity contribution in [2.24, 2.45) is 0 Å². The summed E-state index contributed by atoms with van der Waals surface area (Å²) in [5, 5.41) is 0. The lowest BCUT2D eigenvalue weighted by molar-refractivity contribution is -0.395. The minimum atomic E-state index is 0. The second-order valence-electron chi connectivity index (χ2n) is 1.89. The maximum Gasteiger partial charge on any atom is 0.0867 e. The molecular formula is C7H9IN-. The van der Waals surface area contributed by atoms with Gasteiger partial charge >= 0.3 is 0 Å². The molecule has 0 aromatic rings. The molecule has 0 bridgehead atoms. The van der Waals surface area contributed by atoms with E-state index in [1.54, 1.807) is 4.58 Å². The fourth-order valence-corrected chi connectivity index (χ4v) is 0.532. The fourth-order valence-electron chi connectivity index (χ4n) is 0.532. The van der Waals surface area contributed by atoms with Crippen LogP contribution in [0.4, 0.5) is 0 Å². The summed E-state index contributed by atoms with van der Waals surface area (Å²) in [4.78, 5) is 0. The number of allylic oxidation sites excluding steroid dienone is 2. The van der Waals surface area contributed by atoms with Gasteiger partial charge in [-0.1, -0.05) is 19.1 Å². The zero-order chi connectivity index (χ0) is 5.98. The van der Waals surface area contributed by atoms with Crippen molar-refractivity contribution in [3.05, 3.63) is 30.5 Å². The minimum Gasteiger partial charge on any atom is -1.00 e. The van der Waals surface area contributed by atoms with E-state index in [4.69, 9.17) is 0 Å². The van der Waals surface area contributed by atoms with Crippen LogP contribution < -0.4 is 24.0 Å². The number of rotatable bonds is 0. The Morgan fingerprint density at radius 2 is 2.33 bits per heavy atom. The van der Waals surface area contributed by atoms with Crippen molar-refractivity contribution in [1.29, 1.82) is 0 Å². The van der Waals surface area contributed by atoms with Crippen molar-refractivity contribution in [2.75, 3.05) is 0 Å². The van der Waals surface area contributed by atoms with E-state index in [0.717, 1.165) is 0 Å². The SMILES string of the molecule is C=[N+]1C=CC(C)=C[CH-]1.[I-]. The molecule has 0 aromatic carbocycles. The third-order valence-corrected chi connectivity index (χ3v) is 1.06. The molecule has 0 saturated carbocycles. The fraction of sp³-hybridized carbons (Fsp3) is 0.143. The molecule has 1 aliphatic heterocycles. The van der Waals surface area contributed by atoms with E-state index in [1.165, 1.54) is 5.57 Å². The molecule has 1 aliphatic rings. The van der Waals surface area contributed by atoms with Gasteiger partial charge in [-0.2, -0.15) is 0 Å². The van der Waals surface area contributed by atoms with Gasteiger partial charge in [0.2, 0.25) is 0 Å². The summed E-state index contributed by atoms with van der Waals surface area (Å²) in [7, 11) is 0. The van der Waals surface area contributed by atoms with E-state index in [9.17, 15) is 0 Å². The van der Waals surface area contributed by atoms with Gasteiger partial charge in [0.1, 0.15) is 0 Å². The first-order valence-corrected chi connectivity index (χ1v) is 2.58. The first-order chi connectivity index (χ1) is 3.79. The highest BCUT2D eigenvalue weighted by molar-refractivity contribution is 5.24. The summed E-state index contributed by atoms with van der Waals surface area (Å²) in [6.45, 7) is 7.66. The molecule has 1 heterocycles. The van der Waals surface area contributed by atoms with Crippen molar-refractivity contribution >= 4 is 6.72 Å². The summed E-state index contributed by atoms with van der Waals surface area (Å²) >= 11 is 0. The third-order valence-electron chi connectivity index (χ3n) is 1.06. The van der Waals surface area contributed by atoms with Gasteiger partial charge in [-0.25, -0.2) is 0 Å². The van der Waals surface area contributed by atoms with Crippen LogP contribution in [0.3, 0.4) is 0 Å². The maximum absolute atomic E-state index is 3.68.